The lowest BCUT2D eigenvalue weighted by Crippen LogP contribution is -2.29. The summed E-state index contributed by atoms with van der Waals surface area (Å²) in [6, 6.07) is 17.7. The molecule has 0 aliphatic heterocycles. The van der Waals surface area contributed by atoms with E-state index in [1.165, 1.54) is 18.2 Å². The van der Waals surface area contributed by atoms with Gasteiger partial charge in [0.2, 0.25) is 0 Å². The number of aromatic nitrogens is 1. The fraction of sp³-hybridized carbons (Fsp3) is 0.192. The highest BCUT2D eigenvalue weighted by Crippen LogP contribution is 2.40. The van der Waals surface area contributed by atoms with Gasteiger partial charge in [-0.3, -0.25) is 14.9 Å². The van der Waals surface area contributed by atoms with E-state index in [9.17, 15) is 14.9 Å². The van der Waals surface area contributed by atoms with Crippen LogP contribution in [0.3, 0.4) is 0 Å². The summed E-state index contributed by atoms with van der Waals surface area (Å²) in [5.74, 6) is 0.435. The number of nitro benzene ring substituents is 1. The molecule has 1 amide bonds. The van der Waals surface area contributed by atoms with Gasteiger partial charge in [-0.2, -0.15) is 0 Å². The first-order valence-electron chi connectivity index (χ1n) is 11.0. The molecule has 3 aromatic carbocycles. The zero-order valence-electron chi connectivity index (χ0n) is 19.6. The lowest BCUT2D eigenvalue weighted by atomic mass is 9.89. The van der Waals surface area contributed by atoms with Crippen LogP contribution in [0, 0.1) is 10.1 Å². The standard InChI is InChI=1S/C26H26N4O5/c1-27-22-12-11-16(30(32)33)13-19(22)26(31)29-15-21(18-8-6-10-24(34-2)25(18)35-3)20-14-28-23-9-5-4-7-17(20)23/h4-14,21,27-28H,15H2,1-3H3,(H,29,31). The number of hydrogen-bond acceptors (Lipinski definition) is 6. The number of non-ortho nitro benzene ring substituents is 1. The Morgan fingerprint density at radius 3 is 2.57 bits per heavy atom. The number of benzene rings is 3. The number of amides is 1. The van der Waals surface area contributed by atoms with Gasteiger partial charge in [0.25, 0.3) is 11.6 Å². The van der Waals surface area contributed by atoms with Crippen molar-refractivity contribution >= 4 is 28.2 Å². The maximum Gasteiger partial charge on any atom is 0.270 e. The zero-order chi connectivity index (χ0) is 24.9. The topological polar surface area (TPSA) is 119 Å². The average molecular weight is 475 g/mol. The highest BCUT2D eigenvalue weighted by atomic mass is 16.6. The van der Waals surface area contributed by atoms with Crippen LogP contribution in [0.15, 0.2) is 66.9 Å². The Morgan fingerprint density at radius 1 is 1.06 bits per heavy atom. The molecule has 9 nitrogen and oxygen atoms in total. The molecule has 0 spiro atoms. The third-order valence-electron chi connectivity index (χ3n) is 6.00. The van der Waals surface area contributed by atoms with E-state index in [1.807, 2.05) is 48.7 Å². The molecule has 4 rings (SSSR count). The van der Waals surface area contributed by atoms with Crippen molar-refractivity contribution in [1.82, 2.24) is 10.3 Å². The number of fused-ring (bicyclic) bond motifs is 1. The molecule has 1 aromatic heterocycles. The highest BCUT2D eigenvalue weighted by molar-refractivity contribution is 6.00. The Balaban J connectivity index is 1.75. The van der Waals surface area contributed by atoms with Gasteiger partial charge in [0.1, 0.15) is 0 Å². The van der Waals surface area contributed by atoms with E-state index in [2.05, 4.69) is 15.6 Å². The van der Waals surface area contributed by atoms with Crippen molar-refractivity contribution in [2.75, 3.05) is 33.1 Å². The molecule has 1 unspecified atom stereocenters. The summed E-state index contributed by atoms with van der Waals surface area (Å²) in [7, 11) is 4.81. The maximum atomic E-state index is 13.2. The minimum absolute atomic E-state index is 0.156. The van der Waals surface area contributed by atoms with Gasteiger partial charge in [0.15, 0.2) is 11.5 Å². The van der Waals surface area contributed by atoms with E-state index in [1.54, 1.807) is 21.3 Å². The van der Waals surface area contributed by atoms with Crippen molar-refractivity contribution in [2.45, 2.75) is 5.92 Å². The Bertz CT molecular complexity index is 1380. The molecular weight excluding hydrogens is 448 g/mol. The Labute approximate surface area is 202 Å². The van der Waals surface area contributed by atoms with Crippen molar-refractivity contribution in [3.05, 3.63) is 93.7 Å². The Morgan fingerprint density at radius 2 is 1.86 bits per heavy atom. The lowest BCUT2D eigenvalue weighted by molar-refractivity contribution is -0.384. The molecule has 9 heteroatoms. The molecule has 0 aliphatic rings. The van der Waals surface area contributed by atoms with Gasteiger partial charge in [-0.1, -0.05) is 30.3 Å². The largest absolute Gasteiger partial charge is 0.493 e. The first-order valence-corrected chi connectivity index (χ1v) is 11.0. The second-order valence-corrected chi connectivity index (χ2v) is 7.87. The minimum atomic E-state index is -0.522. The molecule has 4 aromatic rings. The van der Waals surface area contributed by atoms with Crippen LogP contribution in [0.1, 0.15) is 27.4 Å². The predicted molar refractivity (Wildman–Crippen MR) is 135 cm³/mol. The molecular formula is C26H26N4O5. The monoisotopic (exact) mass is 474 g/mol. The summed E-state index contributed by atoms with van der Waals surface area (Å²) in [5.41, 5.74) is 3.31. The molecule has 0 saturated heterocycles. The number of ether oxygens (including phenoxy) is 2. The van der Waals surface area contributed by atoms with Gasteiger partial charge in [-0.15, -0.1) is 0 Å². The summed E-state index contributed by atoms with van der Waals surface area (Å²) in [4.78, 5) is 27.2. The van der Waals surface area contributed by atoms with E-state index < -0.39 is 10.8 Å². The SMILES string of the molecule is CNc1ccc([N+](=O)[O-])cc1C(=O)NCC(c1cccc(OC)c1OC)c1c[nH]c2ccccc12. The zero-order valence-corrected chi connectivity index (χ0v) is 19.6. The molecule has 1 heterocycles. The number of nitrogens with one attached hydrogen (secondary N) is 3. The van der Waals surface area contributed by atoms with E-state index in [-0.39, 0.29) is 23.7 Å². The van der Waals surface area contributed by atoms with Crippen molar-refractivity contribution in [1.29, 1.82) is 0 Å². The molecule has 0 radical (unpaired) electrons. The van der Waals surface area contributed by atoms with Crippen LogP contribution in [0.2, 0.25) is 0 Å². The number of hydrogen-bond donors (Lipinski definition) is 3. The number of nitro groups is 1. The van der Waals surface area contributed by atoms with Gasteiger partial charge in [-0.05, 0) is 23.8 Å². The van der Waals surface area contributed by atoms with Gasteiger partial charge in [-0.25, -0.2) is 0 Å². The number of carbonyl (C=O) groups excluding carboxylic acids is 1. The Kier molecular flexibility index (Phi) is 6.86. The van der Waals surface area contributed by atoms with Crippen LogP contribution in [0.25, 0.3) is 10.9 Å². The van der Waals surface area contributed by atoms with Crippen molar-refractivity contribution in [3.63, 3.8) is 0 Å². The first-order chi connectivity index (χ1) is 17.0. The quantitative estimate of drug-likeness (QED) is 0.239. The number of methoxy groups -OCH3 is 2. The van der Waals surface area contributed by atoms with Gasteiger partial charge in [0, 0.05) is 60.0 Å². The maximum absolute atomic E-state index is 13.2. The molecule has 1 atom stereocenters. The van der Waals surface area contributed by atoms with Crippen molar-refractivity contribution in [3.8, 4) is 11.5 Å². The smallest absolute Gasteiger partial charge is 0.270 e. The first kappa shape index (κ1) is 23.6. The third kappa shape index (κ3) is 4.61. The minimum Gasteiger partial charge on any atom is -0.493 e. The third-order valence-corrected chi connectivity index (χ3v) is 6.00. The Hall–Kier alpha value is -4.53. The van der Waals surface area contributed by atoms with E-state index in [0.717, 1.165) is 22.0 Å². The average Bonchev–Trinajstić information content (AvgIpc) is 3.32. The van der Waals surface area contributed by atoms with E-state index >= 15 is 0 Å². The fourth-order valence-corrected chi connectivity index (χ4v) is 4.30. The summed E-state index contributed by atoms with van der Waals surface area (Å²) < 4.78 is 11.2. The van der Waals surface area contributed by atoms with Crippen molar-refractivity contribution < 1.29 is 19.2 Å². The normalized spacial score (nSPS) is 11.6. The fourth-order valence-electron chi connectivity index (χ4n) is 4.30. The number of H-pyrrole nitrogens is 1. The van der Waals surface area contributed by atoms with Gasteiger partial charge < -0.3 is 25.1 Å². The number of aromatic amines is 1. The van der Waals surface area contributed by atoms with Crippen LogP contribution in [-0.4, -0.2) is 43.6 Å². The summed E-state index contributed by atoms with van der Waals surface area (Å²) >= 11 is 0. The van der Waals surface area contributed by atoms with Gasteiger partial charge in [0.05, 0.1) is 24.7 Å². The molecule has 35 heavy (non-hydrogen) atoms. The second-order valence-electron chi connectivity index (χ2n) is 7.87. The molecule has 0 saturated carbocycles. The van der Waals surface area contributed by atoms with Crippen molar-refractivity contribution in [2.24, 2.45) is 0 Å². The van der Waals surface area contributed by atoms with E-state index in [4.69, 9.17) is 9.47 Å². The summed E-state index contributed by atoms with van der Waals surface area (Å²) in [6.45, 7) is 0.218. The molecule has 0 fully saturated rings. The number of anilines is 1. The number of carbonyl (C=O) groups is 1. The highest BCUT2D eigenvalue weighted by Gasteiger charge is 2.25. The van der Waals surface area contributed by atoms with Crippen LogP contribution in [-0.2, 0) is 0 Å². The molecule has 180 valence electrons. The summed E-state index contributed by atoms with van der Waals surface area (Å²) in [6.07, 6.45) is 1.92. The lowest BCUT2D eigenvalue weighted by Gasteiger charge is -2.22. The van der Waals surface area contributed by atoms with Crippen LogP contribution in [0.5, 0.6) is 11.5 Å². The molecule has 0 aliphatic carbocycles. The second kappa shape index (κ2) is 10.2. The predicted octanol–water partition coefficient (Wildman–Crippen LogP) is 4.70. The van der Waals surface area contributed by atoms with Crippen LogP contribution < -0.4 is 20.1 Å². The van der Waals surface area contributed by atoms with Gasteiger partial charge >= 0.3 is 0 Å². The number of para-hydroxylation sites is 2. The number of rotatable bonds is 9. The van der Waals surface area contributed by atoms with Crippen LogP contribution in [0.4, 0.5) is 11.4 Å². The van der Waals surface area contributed by atoms with E-state index in [0.29, 0.717) is 17.2 Å². The number of nitrogens with zero attached hydrogens (tertiary/aromatic N) is 1. The molecule has 3 N–H and O–H groups in total. The summed E-state index contributed by atoms with van der Waals surface area (Å²) in [5, 5.41) is 18.2. The van der Waals surface area contributed by atoms with Crippen LogP contribution >= 0.6 is 0 Å². The molecule has 0 bridgehead atoms.